The van der Waals surface area contributed by atoms with E-state index >= 15 is 0 Å². The zero-order valence-corrected chi connectivity index (χ0v) is 16.5. The standard InChI is InChI=1S/C18H27N7S/c1-14-10-21-17(26-14)13-23-18(19-2)22-12-15-4-5-16(20-11-15)25-8-6-24(3)7-9-25/h4-5,10-11H,6-9,12-13H2,1-3H3,(H2,19,22,23). The molecule has 0 saturated carbocycles. The number of likely N-dealkylation sites (N-methyl/N-ethyl adjacent to an activating group) is 1. The van der Waals surface area contributed by atoms with Crippen molar-refractivity contribution in [1.29, 1.82) is 0 Å². The second kappa shape index (κ2) is 8.95. The maximum absolute atomic E-state index is 4.63. The van der Waals surface area contributed by atoms with Crippen LogP contribution < -0.4 is 15.5 Å². The first kappa shape index (κ1) is 18.6. The zero-order chi connectivity index (χ0) is 18.4. The van der Waals surface area contributed by atoms with Crippen LogP contribution in [-0.4, -0.2) is 61.1 Å². The lowest BCUT2D eigenvalue weighted by Gasteiger charge is -2.33. The van der Waals surface area contributed by atoms with Gasteiger partial charge in [0, 0.05) is 57.0 Å². The van der Waals surface area contributed by atoms with Gasteiger partial charge in [-0.25, -0.2) is 9.97 Å². The Morgan fingerprint density at radius 2 is 1.88 bits per heavy atom. The molecule has 2 aromatic rings. The minimum Gasteiger partial charge on any atom is -0.354 e. The van der Waals surface area contributed by atoms with Gasteiger partial charge in [0.2, 0.25) is 0 Å². The van der Waals surface area contributed by atoms with E-state index in [0.717, 1.165) is 48.5 Å². The van der Waals surface area contributed by atoms with Crippen molar-refractivity contribution in [3.8, 4) is 0 Å². The molecule has 0 bridgehead atoms. The lowest BCUT2D eigenvalue weighted by atomic mass is 10.2. The Labute approximate surface area is 159 Å². The number of guanidine groups is 1. The number of nitrogens with one attached hydrogen (secondary N) is 2. The van der Waals surface area contributed by atoms with Crippen LogP contribution in [0.25, 0.3) is 0 Å². The molecule has 1 aliphatic rings. The van der Waals surface area contributed by atoms with Gasteiger partial charge in [0.05, 0.1) is 6.54 Å². The summed E-state index contributed by atoms with van der Waals surface area (Å²) in [5.41, 5.74) is 1.14. The number of aromatic nitrogens is 2. The number of hydrogen-bond acceptors (Lipinski definition) is 6. The molecule has 7 nitrogen and oxygen atoms in total. The maximum atomic E-state index is 4.63. The van der Waals surface area contributed by atoms with Crippen LogP contribution in [0.5, 0.6) is 0 Å². The molecule has 1 fully saturated rings. The van der Waals surface area contributed by atoms with Crippen LogP contribution >= 0.6 is 11.3 Å². The number of anilines is 1. The monoisotopic (exact) mass is 373 g/mol. The number of rotatable bonds is 5. The van der Waals surface area contributed by atoms with Crippen LogP contribution in [0.15, 0.2) is 29.5 Å². The van der Waals surface area contributed by atoms with Crippen molar-refractivity contribution < 1.29 is 0 Å². The van der Waals surface area contributed by atoms with Gasteiger partial charge in [-0.3, -0.25) is 4.99 Å². The zero-order valence-electron chi connectivity index (χ0n) is 15.7. The molecule has 2 aromatic heterocycles. The summed E-state index contributed by atoms with van der Waals surface area (Å²) in [5.74, 6) is 1.82. The highest BCUT2D eigenvalue weighted by atomic mass is 32.1. The number of piperazine rings is 1. The van der Waals surface area contributed by atoms with Crippen molar-refractivity contribution in [2.45, 2.75) is 20.0 Å². The van der Waals surface area contributed by atoms with Crippen LogP contribution in [0.1, 0.15) is 15.4 Å². The van der Waals surface area contributed by atoms with Crippen LogP contribution in [0, 0.1) is 6.92 Å². The fourth-order valence-electron chi connectivity index (χ4n) is 2.79. The second-order valence-electron chi connectivity index (χ2n) is 6.46. The molecule has 140 valence electrons. The lowest BCUT2D eigenvalue weighted by Crippen LogP contribution is -2.44. The smallest absolute Gasteiger partial charge is 0.191 e. The summed E-state index contributed by atoms with van der Waals surface area (Å²) in [6, 6.07) is 4.24. The van der Waals surface area contributed by atoms with E-state index in [4.69, 9.17) is 0 Å². The third-order valence-corrected chi connectivity index (χ3v) is 5.31. The molecule has 1 aliphatic heterocycles. The summed E-state index contributed by atoms with van der Waals surface area (Å²) >= 11 is 1.70. The minimum absolute atomic E-state index is 0.679. The average molecular weight is 374 g/mol. The number of hydrogen-bond donors (Lipinski definition) is 2. The fraction of sp³-hybridized carbons (Fsp3) is 0.500. The molecule has 0 amide bonds. The molecule has 0 atom stereocenters. The second-order valence-corrected chi connectivity index (χ2v) is 7.78. The quantitative estimate of drug-likeness (QED) is 0.611. The van der Waals surface area contributed by atoms with E-state index in [-0.39, 0.29) is 0 Å². The summed E-state index contributed by atoms with van der Waals surface area (Å²) in [4.78, 5) is 19.1. The van der Waals surface area contributed by atoms with Gasteiger partial charge in [-0.1, -0.05) is 6.07 Å². The van der Waals surface area contributed by atoms with Gasteiger partial charge in [0.1, 0.15) is 10.8 Å². The molecular formula is C18H27N7S. The molecule has 0 aliphatic carbocycles. The Kier molecular flexibility index (Phi) is 6.40. The summed E-state index contributed by atoms with van der Waals surface area (Å²) in [5, 5.41) is 7.67. The first-order valence-electron chi connectivity index (χ1n) is 8.88. The molecule has 0 unspecified atom stereocenters. The third-order valence-electron chi connectivity index (χ3n) is 4.40. The average Bonchev–Trinajstić information content (AvgIpc) is 3.08. The summed E-state index contributed by atoms with van der Waals surface area (Å²) < 4.78 is 0. The van der Waals surface area contributed by atoms with Crippen molar-refractivity contribution in [1.82, 2.24) is 25.5 Å². The van der Waals surface area contributed by atoms with E-state index in [1.807, 2.05) is 12.4 Å². The first-order valence-corrected chi connectivity index (χ1v) is 9.70. The van der Waals surface area contributed by atoms with Gasteiger partial charge < -0.3 is 20.4 Å². The predicted octanol–water partition coefficient (Wildman–Crippen LogP) is 1.46. The number of pyridine rings is 1. The van der Waals surface area contributed by atoms with Crippen LogP contribution in [0.2, 0.25) is 0 Å². The lowest BCUT2D eigenvalue weighted by molar-refractivity contribution is 0.312. The summed E-state index contributed by atoms with van der Waals surface area (Å²) in [7, 11) is 3.94. The topological polar surface area (TPSA) is 68.7 Å². The summed E-state index contributed by atoms with van der Waals surface area (Å²) in [6.07, 6.45) is 3.84. The molecule has 1 saturated heterocycles. The summed E-state index contributed by atoms with van der Waals surface area (Å²) in [6.45, 7) is 7.68. The van der Waals surface area contributed by atoms with Gasteiger partial charge in [-0.05, 0) is 25.6 Å². The van der Waals surface area contributed by atoms with Crippen molar-refractivity contribution in [2.24, 2.45) is 4.99 Å². The molecule has 0 aromatic carbocycles. The molecule has 0 spiro atoms. The van der Waals surface area contributed by atoms with E-state index in [0.29, 0.717) is 13.1 Å². The number of thiazole rings is 1. The van der Waals surface area contributed by atoms with E-state index in [2.05, 4.69) is 61.5 Å². The number of aliphatic imine (C=N–C) groups is 1. The van der Waals surface area contributed by atoms with Crippen molar-refractivity contribution in [2.75, 3.05) is 45.2 Å². The third kappa shape index (κ3) is 5.15. The van der Waals surface area contributed by atoms with Crippen LogP contribution in [-0.2, 0) is 13.1 Å². The fourth-order valence-corrected chi connectivity index (χ4v) is 3.52. The molecule has 2 N–H and O–H groups in total. The first-order chi connectivity index (χ1) is 12.6. The Morgan fingerprint density at radius 1 is 1.12 bits per heavy atom. The van der Waals surface area contributed by atoms with E-state index in [1.165, 1.54) is 4.88 Å². The van der Waals surface area contributed by atoms with Gasteiger partial charge >= 0.3 is 0 Å². The Balaban J connectivity index is 1.47. The molecule has 3 rings (SSSR count). The van der Waals surface area contributed by atoms with Crippen molar-refractivity contribution in [3.05, 3.63) is 40.0 Å². The highest BCUT2D eigenvalue weighted by Crippen LogP contribution is 2.13. The molecule has 26 heavy (non-hydrogen) atoms. The largest absolute Gasteiger partial charge is 0.354 e. The SMILES string of the molecule is CN=C(NCc1ccc(N2CCN(C)CC2)nc1)NCc1ncc(C)s1. The highest BCUT2D eigenvalue weighted by molar-refractivity contribution is 7.11. The molecular weight excluding hydrogens is 346 g/mol. The number of nitrogens with zero attached hydrogens (tertiary/aromatic N) is 5. The van der Waals surface area contributed by atoms with Gasteiger partial charge in [0.25, 0.3) is 0 Å². The van der Waals surface area contributed by atoms with E-state index in [9.17, 15) is 0 Å². The predicted molar refractivity (Wildman–Crippen MR) is 108 cm³/mol. The maximum Gasteiger partial charge on any atom is 0.191 e. The van der Waals surface area contributed by atoms with Gasteiger partial charge in [-0.15, -0.1) is 11.3 Å². The van der Waals surface area contributed by atoms with E-state index in [1.54, 1.807) is 18.4 Å². The Hall–Kier alpha value is -2.19. The van der Waals surface area contributed by atoms with Gasteiger partial charge in [0.15, 0.2) is 5.96 Å². The minimum atomic E-state index is 0.679. The highest BCUT2D eigenvalue weighted by Gasteiger charge is 2.14. The van der Waals surface area contributed by atoms with Crippen molar-refractivity contribution >= 4 is 23.1 Å². The van der Waals surface area contributed by atoms with E-state index < -0.39 is 0 Å². The van der Waals surface area contributed by atoms with Gasteiger partial charge in [-0.2, -0.15) is 0 Å². The van der Waals surface area contributed by atoms with Crippen molar-refractivity contribution in [3.63, 3.8) is 0 Å². The Morgan fingerprint density at radius 3 is 2.50 bits per heavy atom. The normalized spacial score (nSPS) is 16.0. The molecule has 0 radical (unpaired) electrons. The Bertz CT molecular complexity index is 717. The van der Waals surface area contributed by atoms with Crippen LogP contribution in [0.4, 0.5) is 5.82 Å². The van der Waals surface area contributed by atoms with Crippen LogP contribution in [0.3, 0.4) is 0 Å². The number of aryl methyl sites for hydroxylation is 1. The molecule has 3 heterocycles. The molecule has 8 heteroatoms.